The third-order valence-electron chi connectivity index (χ3n) is 2.51. The first-order valence-corrected chi connectivity index (χ1v) is 4.82. The highest BCUT2D eigenvalue weighted by atomic mass is 16.6. The van der Waals surface area contributed by atoms with Gasteiger partial charge in [-0.2, -0.15) is 0 Å². The summed E-state index contributed by atoms with van der Waals surface area (Å²) < 4.78 is 10.1. The van der Waals surface area contributed by atoms with E-state index in [1.165, 1.54) is 0 Å². The first kappa shape index (κ1) is 9.83. The van der Waals surface area contributed by atoms with Crippen LogP contribution in [0.25, 0.3) is 0 Å². The van der Waals surface area contributed by atoms with Crippen LogP contribution in [-0.2, 0) is 4.74 Å². The van der Waals surface area contributed by atoms with Crippen LogP contribution in [-0.4, -0.2) is 19.3 Å². The quantitative estimate of drug-likeness (QED) is 0.805. The molecule has 1 heterocycles. The average Bonchev–Trinajstić information content (AvgIpc) is 2.58. The molecule has 1 N–H and O–H groups in total. The van der Waals surface area contributed by atoms with Crippen LogP contribution in [0.5, 0.6) is 5.75 Å². The van der Waals surface area contributed by atoms with Crippen LogP contribution in [0.3, 0.4) is 0 Å². The number of methoxy groups -OCH3 is 1. The molecule has 4 nitrogen and oxygen atoms in total. The first-order chi connectivity index (χ1) is 7.20. The van der Waals surface area contributed by atoms with Crippen LogP contribution in [0, 0.1) is 0 Å². The van der Waals surface area contributed by atoms with E-state index in [0.717, 1.165) is 11.3 Å². The van der Waals surface area contributed by atoms with Gasteiger partial charge in [0.1, 0.15) is 11.9 Å². The summed E-state index contributed by atoms with van der Waals surface area (Å²) in [5.74, 6) is 0.802. The zero-order valence-electron chi connectivity index (χ0n) is 8.69. The second kappa shape index (κ2) is 3.81. The van der Waals surface area contributed by atoms with Crippen molar-refractivity contribution in [2.45, 2.75) is 19.1 Å². The average molecular weight is 207 g/mol. The molecule has 0 spiro atoms. The predicted octanol–water partition coefficient (Wildman–Crippen LogP) is 1.86. The predicted molar refractivity (Wildman–Crippen MR) is 54.8 cm³/mol. The third kappa shape index (κ3) is 1.88. The molecular formula is C11H13NO3. The van der Waals surface area contributed by atoms with Crippen molar-refractivity contribution in [2.24, 2.45) is 0 Å². The summed E-state index contributed by atoms with van der Waals surface area (Å²) in [7, 11) is 1.62. The Labute approximate surface area is 88.2 Å². The summed E-state index contributed by atoms with van der Waals surface area (Å²) in [5.41, 5.74) is 1.02. The van der Waals surface area contributed by atoms with E-state index >= 15 is 0 Å². The van der Waals surface area contributed by atoms with Gasteiger partial charge in [0.25, 0.3) is 0 Å². The number of amides is 1. The number of carbonyl (C=O) groups is 1. The molecule has 80 valence electrons. The standard InChI is InChI=1S/C11H13NO3/c1-7-10(12-11(13)15-7)8-3-5-9(14-2)6-4-8/h3-7,10H,1-2H3,(H,12,13). The molecule has 1 aromatic carbocycles. The van der Waals surface area contributed by atoms with E-state index in [-0.39, 0.29) is 18.2 Å². The lowest BCUT2D eigenvalue weighted by Crippen LogP contribution is -2.20. The largest absolute Gasteiger partial charge is 0.497 e. The molecule has 1 saturated heterocycles. The second-order valence-electron chi connectivity index (χ2n) is 3.51. The highest BCUT2D eigenvalue weighted by Gasteiger charge is 2.31. The van der Waals surface area contributed by atoms with Crippen molar-refractivity contribution in [2.75, 3.05) is 7.11 Å². The van der Waals surface area contributed by atoms with Crippen molar-refractivity contribution < 1.29 is 14.3 Å². The minimum Gasteiger partial charge on any atom is -0.497 e. The Balaban J connectivity index is 2.19. The fourth-order valence-electron chi connectivity index (χ4n) is 1.68. The molecule has 1 aliphatic rings. The van der Waals surface area contributed by atoms with Gasteiger partial charge in [0, 0.05) is 0 Å². The van der Waals surface area contributed by atoms with Crippen LogP contribution in [0.4, 0.5) is 4.79 Å². The smallest absolute Gasteiger partial charge is 0.408 e. The molecule has 1 aromatic rings. The lowest BCUT2D eigenvalue weighted by atomic mass is 10.0. The molecule has 0 saturated carbocycles. The number of rotatable bonds is 2. The Morgan fingerprint density at radius 1 is 1.33 bits per heavy atom. The number of hydrogen-bond acceptors (Lipinski definition) is 3. The zero-order chi connectivity index (χ0) is 10.8. The first-order valence-electron chi connectivity index (χ1n) is 4.82. The minimum atomic E-state index is -0.358. The summed E-state index contributed by atoms with van der Waals surface area (Å²) >= 11 is 0. The fourth-order valence-corrected chi connectivity index (χ4v) is 1.68. The van der Waals surface area contributed by atoms with Gasteiger partial charge in [0.15, 0.2) is 0 Å². The van der Waals surface area contributed by atoms with E-state index < -0.39 is 0 Å². The van der Waals surface area contributed by atoms with Crippen molar-refractivity contribution in [3.63, 3.8) is 0 Å². The molecule has 0 aromatic heterocycles. The number of cyclic esters (lactones) is 1. The molecule has 15 heavy (non-hydrogen) atoms. The Hall–Kier alpha value is -1.71. The van der Waals surface area contributed by atoms with Crippen molar-refractivity contribution in [3.8, 4) is 5.75 Å². The molecule has 0 aliphatic carbocycles. The maximum atomic E-state index is 11.0. The van der Waals surface area contributed by atoms with Gasteiger partial charge in [-0.05, 0) is 24.6 Å². The Bertz CT molecular complexity index is 361. The molecular weight excluding hydrogens is 194 g/mol. The molecule has 1 fully saturated rings. The zero-order valence-corrected chi connectivity index (χ0v) is 8.69. The molecule has 1 aliphatic heterocycles. The van der Waals surface area contributed by atoms with Gasteiger partial charge in [-0.25, -0.2) is 4.79 Å². The number of alkyl carbamates (subject to hydrolysis) is 1. The number of benzene rings is 1. The maximum Gasteiger partial charge on any atom is 0.408 e. The Kier molecular flexibility index (Phi) is 2.49. The summed E-state index contributed by atoms with van der Waals surface area (Å²) in [4.78, 5) is 11.0. The van der Waals surface area contributed by atoms with Gasteiger partial charge in [-0.3, -0.25) is 0 Å². The third-order valence-corrected chi connectivity index (χ3v) is 2.51. The van der Waals surface area contributed by atoms with E-state index in [4.69, 9.17) is 9.47 Å². The van der Waals surface area contributed by atoms with Crippen molar-refractivity contribution in [3.05, 3.63) is 29.8 Å². The van der Waals surface area contributed by atoms with Crippen LogP contribution in [0.2, 0.25) is 0 Å². The molecule has 1 amide bonds. The summed E-state index contributed by atoms with van der Waals surface area (Å²) in [6, 6.07) is 7.52. The molecule has 0 radical (unpaired) electrons. The Morgan fingerprint density at radius 3 is 2.47 bits per heavy atom. The highest BCUT2D eigenvalue weighted by Crippen LogP contribution is 2.25. The van der Waals surface area contributed by atoms with E-state index in [1.807, 2.05) is 31.2 Å². The molecule has 2 atom stereocenters. The van der Waals surface area contributed by atoms with Gasteiger partial charge < -0.3 is 14.8 Å². The number of nitrogens with one attached hydrogen (secondary N) is 1. The van der Waals surface area contributed by atoms with E-state index in [2.05, 4.69) is 5.32 Å². The number of carbonyl (C=O) groups excluding carboxylic acids is 1. The monoisotopic (exact) mass is 207 g/mol. The number of hydrogen-bond donors (Lipinski definition) is 1. The van der Waals surface area contributed by atoms with Crippen molar-refractivity contribution in [1.82, 2.24) is 5.32 Å². The lowest BCUT2D eigenvalue weighted by molar-refractivity contribution is 0.141. The lowest BCUT2D eigenvalue weighted by Gasteiger charge is -2.13. The molecule has 2 rings (SSSR count). The SMILES string of the molecule is COc1ccc(C2NC(=O)OC2C)cc1. The van der Waals surface area contributed by atoms with Crippen molar-refractivity contribution >= 4 is 6.09 Å². The van der Waals surface area contributed by atoms with Gasteiger partial charge in [0.05, 0.1) is 13.2 Å². The molecule has 4 heteroatoms. The van der Waals surface area contributed by atoms with Crippen LogP contribution >= 0.6 is 0 Å². The van der Waals surface area contributed by atoms with E-state index in [0.29, 0.717) is 0 Å². The summed E-state index contributed by atoms with van der Waals surface area (Å²) in [6.45, 7) is 1.87. The van der Waals surface area contributed by atoms with Crippen molar-refractivity contribution in [1.29, 1.82) is 0 Å². The normalized spacial score (nSPS) is 24.5. The van der Waals surface area contributed by atoms with Crippen LogP contribution < -0.4 is 10.1 Å². The Morgan fingerprint density at radius 2 is 2.00 bits per heavy atom. The van der Waals surface area contributed by atoms with Gasteiger partial charge in [-0.15, -0.1) is 0 Å². The van der Waals surface area contributed by atoms with Crippen LogP contribution in [0.1, 0.15) is 18.5 Å². The molecule has 0 bridgehead atoms. The second-order valence-corrected chi connectivity index (χ2v) is 3.51. The van der Waals surface area contributed by atoms with E-state index in [9.17, 15) is 4.79 Å². The van der Waals surface area contributed by atoms with Crippen LogP contribution in [0.15, 0.2) is 24.3 Å². The fraction of sp³-hybridized carbons (Fsp3) is 0.364. The van der Waals surface area contributed by atoms with Gasteiger partial charge in [0.2, 0.25) is 0 Å². The topological polar surface area (TPSA) is 47.6 Å². The maximum absolute atomic E-state index is 11.0. The van der Waals surface area contributed by atoms with Gasteiger partial charge in [-0.1, -0.05) is 12.1 Å². The van der Waals surface area contributed by atoms with E-state index in [1.54, 1.807) is 7.11 Å². The molecule has 2 unspecified atom stereocenters. The summed E-state index contributed by atoms with van der Waals surface area (Å²) in [5, 5.41) is 2.76. The highest BCUT2D eigenvalue weighted by molar-refractivity contribution is 5.70. The number of ether oxygens (including phenoxy) is 2. The minimum absolute atomic E-state index is 0.0663. The summed E-state index contributed by atoms with van der Waals surface area (Å²) in [6.07, 6.45) is -0.491. The van der Waals surface area contributed by atoms with Gasteiger partial charge >= 0.3 is 6.09 Å².